The minimum absolute atomic E-state index is 0.0495. The van der Waals surface area contributed by atoms with Crippen LogP contribution in [0.1, 0.15) is 42.5 Å². The molecule has 2 heterocycles. The van der Waals surface area contributed by atoms with E-state index in [1.54, 1.807) is 30.3 Å². The zero-order chi connectivity index (χ0) is 25.9. The number of aromatic nitrogens is 1. The second kappa shape index (κ2) is 11.1. The Kier molecular flexibility index (Phi) is 8.09. The lowest BCUT2D eigenvalue weighted by atomic mass is 9.89. The quantitative estimate of drug-likeness (QED) is 0.574. The number of para-hydroxylation sites is 1. The highest BCUT2D eigenvalue weighted by atomic mass is 19.4. The van der Waals surface area contributed by atoms with Gasteiger partial charge in [-0.2, -0.15) is 13.2 Å². The number of β-amino-alcohol motifs (C(OH)–C–C–N with tert-alkyl or cyclic N) is 1. The fraction of sp³-hybridized carbons (Fsp3) is 0.600. The number of hydrogen-bond donors (Lipinski definition) is 1. The molecule has 1 aliphatic heterocycles. The van der Waals surface area contributed by atoms with E-state index in [0.29, 0.717) is 35.7 Å². The summed E-state index contributed by atoms with van der Waals surface area (Å²) in [4.78, 5) is 28.2. The number of nitrogens with zero attached hydrogens (tertiary/aromatic N) is 3. The van der Waals surface area contributed by atoms with E-state index in [1.807, 2.05) is 10.6 Å². The molecule has 1 aliphatic carbocycles. The van der Waals surface area contributed by atoms with E-state index in [4.69, 9.17) is 9.47 Å². The van der Waals surface area contributed by atoms with Gasteiger partial charge in [-0.25, -0.2) is 4.79 Å². The number of rotatable bonds is 7. The number of aliphatic hydroxyl groups is 1. The topological polar surface area (TPSA) is 84.2 Å². The minimum atomic E-state index is -5.18. The lowest BCUT2D eigenvalue weighted by Crippen LogP contribution is -2.57. The summed E-state index contributed by atoms with van der Waals surface area (Å²) in [7, 11) is 1.56. The van der Waals surface area contributed by atoms with Crippen molar-refractivity contribution in [2.45, 2.75) is 51.1 Å². The predicted molar refractivity (Wildman–Crippen MR) is 126 cm³/mol. The summed E-state index contributed by atoms with van der Waals surface area (Å²) in [5.74, 6) is -1.79. The Balaban J connectivity index is 1.67. The lowest BCUT2D eigenvalue weighted by Gasteiger charge is -2.40. The third-order valence-corrected chi connectivity index (χ3v) is 7.06. The molecule has 1 saturated carbocycles. The van der Waals surface area contributed by atoms with Gasteiger partial charge in [-0.3, -0.25) is 9.69 Å². The van der Waals surface area contributed by atoms with E-state index in [-0.39, 0.29) is 26.2 Å². The summed E-state index contributed by atoms with van der Waals surface area (Å²) in [5.41, 5.74) is 1.08. The molecule has 1 saturated heterocycles. The third-order valence-electron chi connectivity index (χ3n) is 7.06. The average molecular weight is 512 g/mol. The Labute approximate surface area is 207 Å². The van der Waals surface area contributed by atoms with Gasteiger partial charge in [-0.05, 0) is 24.8 Å². The monoisotopic (exact) mass is 511 g/mol. The predicted octanol–water partition coefficient (Wildman–Crippen LogP) is 3.41. The summed E-state index contributed by atoms with van der Waals surface area (Å²) in [6.45, 7) is 0.950. The molecular weight excluding hydrogens is 479 g/mol. The van der Waals surface area contributed by atoms with Crippen molar-refractivity contribution in [3.63, 3.8) is 0 Å². The van der Waals surface area contributed by atoms with Crippen molar-refractivity contribution in [2.24, 2.45) is 5.92 Å². The molecule has 1 amide bonds. The Morgan fingerprint density at radius 3 is 2.56 bits per heavy atom. The Hall–Kier alpha value is -2.79. The molecule has 1 aromatic carbocycles. The van der Waals surface area contributed by atoms with Crippen molar-refractivity contribution in [1.82, 2.24) is 14.4 Å². The molecule has 198 valence electrons. The van der Waals surface area contributed by atoms with E-state index in [1.165, 1.54) is 11.3 Å². The normalized spacial score (nSPS) is 20.0. The molecule has 1 N–H and O–H groups in total. The Morgan fingerprint density at radius 2 is 1.89 bits per heavy atom. The first-order chi connectivity index (χ1) is 17.2. The zero-order valence-corrected chi connectivity index (χ0v) is 20.3. The molecule has 4 rings (SSSR count). The van der Waals surface area contributed by atoms with Crippen molar-refractivity contribution in [3.8, 4) is 5.75 Å². The third kappa shape index (κ3) is 5.62. The molecule has 2 aliphatic rings. The fourth-order valence-corrected chi connectivity index (χ4v) is 5.28. The van der Waals surface area contributed by atoms with Crippen molar-refractivity contribution in [2.75, 3.05) is 39.9 Å². The molecule has 2 aromatic rings. The first-order valence-electron chi connectivity index (χ1n) is 12.3. The number of esters is 1. The number of aliphatic hydroxyl groups excluding tert-OH is 1. The first kappa shape index (κ1) is 26.3. The molecule has 0 spiro atoms. The van der Waals surface area contributed by atoms with E-state index in [0.717, 1.165) is 31.2 Å². The van der Waals surface area contributed by atoms with Crippen LogP contribution in [0.2, 0.25) is 0 Å². The molecule has 1 aromatic heterocycles. The number of fused-ring (bicyclic) bond motifs is 1. The Bertz CT molecular complexity index is 1080. The molecule has 0 radical (unpaired) electrons. The van der Waals surface area contributed by atoms with Crippen LogP contribution in [0.15, 0.2) is 24.4 Å². The summed E-state index contributed by atoms with van der Waals surface area (Å²) in [5, 5.41) is 9.88. The van der Waals surface area contributed by atoms with E-state index in [2.05, 4.69) is 0 Å². The van der Waals surface area contributed by atoms with Crippen molar-refractivity contribution in [1.29, 1.82) is 0 Å². The molecule has 0 bridgehead atoms. The van der Waals surface area contributed by atoms with Crippen LogP contribution in [0.3, 0.4) is 0 Å². The first-order valence-corrected chi connectivity index (χ1v) is 12.3. The molecule has 36 heavy (non-hydrogen) atoms. The van der Waals surface area contributed by atoms with Gasteiger partial charge in [0.15, 0.2) is 6.23 Å². The number of methoxy groups -OCH3 is 1. The van der Waals surface area contributed by atoms with E-state index in [9.17, 15) is 27.9 Å². The van der Waals surface area contributed by atoms with Gasteiger partial charge in [-0.1, -0.05) is 31.4 Å². The van der Waals surface area contributed by atoms with Crippen LogP contribution in [-0.4, -0.2) is 83.6 Å². The summed E-state index contributed by atoms with van der Waals surface area (Å²) < 4.78 is 51.3. The van der Waals surface area contributed by atoms with Gasteiger partial charge in [0.2, 0.25) is 0 Å². The summed E-state index contributed by atoms with van der Waals surface area (Å²) in [6, 6.07) is 5.37. The molecule has 2 fully saturated rings. The molecular formula is C25H32F3N3O5. The van der Waals surface area contributed by atoms with Gasteiger partial charge in [-0.15, -0.1) is 0 Å². The van der Waals surface area contributed by atoms with Crippen LogP contribution in [0.25, 0.3) is 10.9 Å². The lowest BCUT2D eigenvalue weighted by molar-refractivity contribution is -0.214. The molecule has 1 unspecified atom stereocenters. The smallest absolute Gasteiger partial charge is 0.491 e. The maximum absolute atomic E-state index is 13.8. The van der Waals surface area contributed by atoms with E-state index >= 15 is 0 Å². The van der Waals surface area contributed by atoms with Gasteiger partial charge in [0, 0.05) is 37.8 Å². The SMILES string of the molecule is COc1cccc2c(C(=O)N3CCN(CCO)CC3OC(=O)C(F)(F)F)cn(CC3CCCCC3)c12. The van der Waals surface area contributed by atoms with Crippen molar-refractivity contribution >= 4 is 22.8 Å². The largest absolute Gasteiger partial charge is 0.495 e. The summed E-state index contributed by atoms with van der Waals surface area (Å²) in [6.07, 6.45) is 0.865. The van der Waals surface area contributed by atoms with Crippen LogP contribution >= 0.6 is 0 Å². The standard InChI is InChI=1S/C25H32F3N3O5/c1-35-20-9-5-8-18-19(15-30(22(18)20)14-17-6-3-2-4-7-17)23(33)31-11-10-29(12-13-32)16-21(31)36-24(34)25(26,27)28/h5,8-9,15,17,21,32H,2-4,6-7,10-14,16H2,1H3. The zero-order valence-electron chi connectivity index (χ0n) is 20.3. The number of halogens is 3. The maximum Gasteiger partial charge on any atom is 0.491 e. The van der Waals surface area contributed by atoms with Crippen LogP contribution in [-0.2, 0) is 16.1 Å². The number of carbonyl (C=O) groups is 2. The second-order valence-corrected chi connectivity index (χ2v) is 9.44. The maximum atomic E-state index is 13.8. The van der Waals surface area contributed by atoms with Gasteiger partial charge < -0.3 is 24.0 Å². The highest BCUT2D eigenvalue weighted by molar-refractivity contribution is 6.08. The van der Waals surface area contributed by atoms with Gasteiger partial charge in [0.25, 0.3) is 5.91 Å². The van der Waals surface area contributed by atoms with E-state index < -0.39 is 24.3 Å². The fourth-order valence-electron chi connectivity index (χ4n) is 5.28. The van der Waals surface area contributed by atoms with Crippen LogP contribution in [0, 0.1) is 5.92 Å². The van der Waals surface area contributed by atoms with Crippen molar-refractivity contribution < 1.29 is 37.3 Å². The number of alkyl halides is 3. The average Bonchev–Trinajstić information content (AvgIpc) is 3.22. The van der Waals surface area contributed by atoms with Crippen molar-refractivity contribution in [3.05, 3.63) is 30.0 Å². The number of amides is 1. The minimum Gasteiger partial charge on any atom is -0.495 e. The number of benzene rings is 1. The molecule has 8 nitrogen and oxygen atoms in total. The number of hydrogen-bond acceptors (Lipinski definition) is 6. The summed E-state index contributed by atoms with van der Waals surface area (Å²) >= 11 is 0. The van der Waals surface area contributed by atoms with Crippen LogP contribution in [0.5, 0.6) is 5.75 Å². The molecule has 1 atom stereocenters. The second-order valence-electron chi connectivity index (χ2n) is 9.44. The highest BCUT2D eigenvalue weighted by Crippen LogP contribution is 2.34. The van der Waals surface area contributed by atoms with Gasteiger partial charge >= 0.3 is 12.1 Å². The molecule has 11 heteroatoms. The number of ether oxygens (including phenoxy) is 2. The highest BCUT2D eigenvalue weighted by Gasteiger charge is 2.45. The van der Waals surface area contributed by atoms with Gasteiger partial charge in [0.1, 0.15) is 5.75 Å². The van der Waals surface area contributed by atoms with Crippen LogP contribution < -0.4 is 4.74 Å². The van der Waals surface area contributed by atoms with Crippen LogP contribution in [0.4, 0.5) is 13.2 Å². The van der Waals surface area contributed by atoms with Gasteiger partial charge in [0.05, 0.1) is 31.3 Å². The number of carbonyl (C=O) groups excluding carboxylic acids is 2. The number of piperazine rings is 1. The Morgan fingerprint density at radius 1 is 1.14 bits per heavy atom.